The minimum absolute atomic E-state index is 0.0604. The molecule has 0 aliphatic rings. The molecule has 0 fully saturated rings. The number of aryl methyl sites for hydroxylation is 1. The summed E-state index contributed by atoms with van der Waals surface area (Å²) in [5, 5.41) is 9.92. The van der Waals surface area contributed by atoms with E-state index in [-0.39, 0.29) is 11.5 Å². The SMILES string of the molecule is CCO.Cc1ccc(S(=O)(=O)N(C)N=O)cc1. The number of aliphatic hydroxyl groups excluding tert-OH is 1. The molecule has 0 aliphatic carbocycles. The molecule has 0 atom stereocenters. The largest absolute Gasteiger partial charge is 0.397 e. The average molecular weight is 260 g/mol. The third kappa shape index (κ3) is 4.49. The Bertz CT molecular complexity index is 442. The number of hydrogen-bond acceptors (Lipinski definition) is 5. The summed E-state index contributed by atoms with van der Waals surface area (Å²) < 4.78 is 23.4. The van der Waals surface area contributed by atoms with Crippen molar-refractivity contribution < 1.29 is 13.5 Å². The smallest absolute Gasteiger partial charge is 0.281 e. The van der Waals surface area contributed by atoms with Gasteiger partial charge >= 0.3 is 0 Å². The summed E-state index contributed by atoms with van der Waals surface area (Å²) in [5.74, 6) is 0. The number of nitroso groups, excluding NO2 is 1. The maximum atomic E-state index is 11.5. The predicted molar refractivity (Wildman–Crippen MR) is 64.7 cm³/mol. The van der Waals surface area contributed by atoms with Gasteiger partial charge in [0.1, 0.15) is 0 Å². The molecule has 7 heteroatoms. The molecule has 0 spiro atoms. The highest BCUT2D eigenvalue weighted by Gasteiger charge is 2.19. The monoisotopic (exact) mass is 260 g/mol. The fourth-order valence-electron chi connectivity index (χ4n) is 0.907. The lowest BCUT2D eigenvalue weighted by Gasteiger charge is -2.09. The van der Waals surface area contributed by atoms with Crippen LogP contribution in [0, 0.1) is 11.8 Å². The lowest BCUT2D eigenvalue weighted by molar-refractivity contribution is 0.318. The maximum Gasteiger partial charge on any atom is 0.281 e. The quantitative estimate of drug-likeness (QED) is 0.655. The standard InChI is InChI=1S/C8H10N2O3S.C2H6O/c1-7-3-5-8(6-4-7)14(12,13)10(2)9-11;1-2-3/h3-6H,1-2H3;3H,2H2,1H3. The van der Waals surface area contributed by atoms with Crippen molar-refractivity contribution >= 4 is 10.0 Å². The fourth-order valence-corrected chi connectivity index (χ4v) is 1.78. The minimum atomic E-state index is -3.75. The van der Waals surface area contributed by atoms with Gasteiger partial charge in [0.05, 0.1) is 10.2 Å². The van der Waals surface area contributed by atoms with Gasteiger partial charge in [-0.25, -0.2) is 0 Å². The van der Waals surface area contributed by atoms with Gasteiger partial charge in [0.15, 0.2) is 0 Å². The van der Waals surface area contributed by atoms with E-state index < -0.39 is 10.0 Å². The second-order valence-corrected chi connectivity index (χ2v) is 5.10. The lowest BCUT2D eigenvalue weighted by Crippen LogP contribution is -2.20. The van der Waals surface area contributed by atoms with Gasteiger partial charge in [-0.15, -0.1) is 4.91 Å². The first-order valence-electron chi connectivity index (χ1n) is 4.89. The molecule has 1 aromatic rings. The lowest BCUT2D eigenvalue weighted by atomic mass is 10.2. The van der Waals surface area contributed by atoms with Crippen molar-refractivity contribution in [3.05, 3.63) is 34.7 Å². The molecule has 1 rings (SSSR count). The summed E-state index contributed by atoms with van der Waals surface area (Å²) in [5.41, 5.74) is 0.950. The van der Waals surface area contributed by atoms with E-state index in [2.05, 4.69) is 5.29 Å². The molecular formula is C10H16N2O4S. The summed E-state index contributed by atoms with van der Waals surface area (Å²) in [6.07, 6.45) is 0. The van der Waals surface area contributed by atoms with Gasteiger partial charge < -0.3 is 5.11 Å². The summed E-state index contributed by atoms with van der Waals surface area (Å²) in [4.78, 5) is 10.1. The highest BCUT2D eigenvalue weighted by Crippen LogP contribution is 2.14. The summed E-state index contributed by atoms with van der Waals surface area (Å²) in [6.45, 7) is 3.78. The molecular weight excluding hydrogens is 244 g/mol. The van der Waals surface area contributed by atoms with Crippen molar-refractivity contribution in [2.75, 3.05) is 13.7 Å². The molecule has 1 N–H and O–H groups in total. The Kier molecular flexibility index (Phi) is 6.37. The molecule has 96 valence electrons. The zero-order valence-electron chi connectivity index (χ0n) is 9.99. The van der Waals surface area contributed by atoms with Gasteiger partial charge in [0.2, 0.25) is 0 Å². The molecule has 17 heavy (non-hydrogen) atoms. The maximum absolute atomic E-state index is 11.5. The molecule has 0 saturated heterocycles. The van der Waals surface area contributed by atoms with Crippen LogP contribution in [0.5, 0.6) is 0 Å². The molecule has 0 aliphatic heterocycles. The molecule has 0 unspecified atom stereocenters. The van der Waals surface area contributed by atoms with Crippen molar-refractivity contribution in [1.82, 2.24) is 4.41 Å². The topological polar surface area (TPSA) is 87.0 Å². The van der Waals surface area contributed by atoms with Gasteiger partial charge in [-0.3, -0.25) is 0 Å². The molecule has 0 heterocycles. The van der Waals surface area contributed by atoms with E-state index >= 15 is 0 Å². The zero-order chi connectivity index (χ0) is 13.5. The highest BCUT2D eigenvalue weighted by atomic mass is 32.2. The van der Waals surface area contributed by atoms with E-state index in [9.17, 15) is 13.3 Å². The van der Waals surface area contributed by atoms with Gasteiger partial charge in [-0.1, -0.05) is 17.7 Å². The molecule has 0 radical (unpaired) electrons. The Morgan fingerprint density at radius 2 is 1.71 bits per heavy atom. The third-order valence-electron chi connectivity index (χ3n) is 1.78. The van der Waals surface area contributed by atoms with E-state index in [1.54, 1.807) is 19.1 Å². The molecule has 1 aromatic carbocycles. The van der Waals surface area contributed by atoms with E-state index in [0.717, 1.165) is 12.6 Å². The normalized spacial score (nSPS) is 10.1. The van der Waals surface area contributed by atoms with Crippen molar-refractivity contribution in [3.8, 4) is 0 Å². The van der Waals surface area contributed by atoms with Gasteiger partial charge in [-0.2, -0.15) is 12.8 Å². The Labute approximate surface area is 101 Å². The van der Waals surface area contributed by atoms with E-state index in [4.69, 9.17) is 5.11 Å². The number of nitrogens with zero attached hydrogens (tertiary/aromatic N) is 2. The Morgan fingerprint density at radius 1 is 1.29 bits per heavy atom. The average Bonchev–Trinajstić information content (AvgIpc) is 2.29. The minimum Gasteiger partial charge on any atom is -0.397 e. The fraction of sp³-hybridized carbons (Fsp3) is 0.400. The van der Waals surface area contributed by atoms with Crippen LogP contribution in [0.2, 0.25) is 0 Å². The second-order valence-electron chi connectivity index (χ2n) is 3.15. The number of aliphatic hydroxyl groups is 1. The van der Waals surface area contributed by atoms with Crippen LogP contribution in [0.4, 0.5) is 0 Å². The van der Waals surface area contributed by atoms with Crippen LogP contribution < -0.4 is 0 Å². The van der Waals surface area contributed by atoms with Crippen molar-refractivity contribution in [2.45, 2.75) is 18.7 Å². The zero-order valence-corrected chi connectivity index (χ0v) is 10.8. The summed E-state index contributed by atoms with van der Waals surface area (Å²) in [7, 11) is -2.65. The van der Waals surface area contributed by atoms with Gasteiger partial charge in [0.25, 0.3) is 10.0 Å². The van der Waals surface area contributed by atoms with E-state index in [0.29, 0.717) is 4.41 Å². The van der Waals surface area contributed by atoms with Crippen LogP contribution in [0.3, 0.4) is 0 Å². The Morgan fingerprint density at radius 3 is 2.06 bits per heavy atom. The highest BCUT2D eigenvalue weighted by molar-refractivity contribution is 7.89. The molecule has 6 nitrogen and oxygen atoms in total. The Hall–Kier alpha value is -1.47. The molecule has 0 aromatic heterocycles. The third-order valence-corrected chi connectivity index (χ3v) is 3.41. The van der Waals surface area contributed by atoms with Crippen molar-refractivity contribution in [2.24, 2.45) is 5.29 Å². The van der Waals surface area contributed by atoms with E-state index in [1.165, 1.54) is 12.1 Å². The van der Waals surface area contributed by atoms with Crippen LogP contribution >= 0.6 is 0 Å². The summed E-state index contributed by atoms with van der Waals surface area (Å²) in [6, 6.07) is 6.19. The predicted octanol–water partition coefficient (Wildman–Crippen LogP) is 1.30. The number of rotatable bonds is 3. The molecule has 0 bridgehead atoms. The van der Waals surface area contributed by atoms with Crippen molar-refractivity contribution in [3.63, 3.8) is 0 Å². The molecule has 0 amide bonds. The van der Waals surface area contributed by atoms with E-state index in [1.807, 2.05) is 6.92 Å². The van der Waals surface area contributed by atoms with Crippen LogP contribution in [0.1, 0.15) is 12.5 Å². The second kappa shape index (κ2) is 6.97. The van der Waals surface area contributed by atoms with Crippen LogP contribution in [-0.4, -0.2) is 31.6 Å². The number of hydrogen-bond donors (Lipinski definition) is 1. The number of sulfonamides is 1. The summed E-state index contributed by atoms with van der Waals surface area (Å²) >= 11 is 0. The number of benzene rings is 1. The van der Waals surface area contributed by atoms with Crippen LogP contribution in [0.25, 0.3) is 0 Å². The Balaban J connectivity index is 0.000000770. The van der Waals surface area contributed by atoms with Crippen LogP contribution in [0.15, 0.2) is 34.4 Å². The molecule has 0 saturated carbocycles. The van der Waals surface area contributed by atoms with Gasteiger partial charge in [-0.05, 0) is 26.0 Å². The first-order chi connectivity index (χ1) is 7.89. The first kappa shape index (κ1) is 15.5. The van der Waals surface area contributed by atoms with Gasteiger partial charge in [0, 0.05) is 13.7 Å². The van der Waals surface area contributed by atoms with Crippen molar-refractivity contribution in [1.29, 1.82) is 0 Å². The van der Waals surface area contributed by atoms with Crippen LogP contribution in [-0.2, 0) is 10.0 Å². The first-order valence-corrected chi connectivity index (χ1v) is 6.33.